The van der Waals surface area contributed by atoms with Crippen LogP contribution in [-0.2, 0) is 14.4 Å². The average Bonchev–Trinajstić information content (AvgIpc) is 3.11. The van der Waals surface area contributed by atoms with Crippen LogP contribution in [0, 0.1) is 17.8 Å². The van der Waals surface area contributed by atoms with Crippen LogP contribution >= 0.6 is 0 Å². The number of aliphatic hydroxyl groups excluding tert-OH is 1. The van der Waals surface area contributed by atoms with Gasteiger partial charge in [0.05, 0.1) is 6.10 Å². The summed E-state index contributed by atoms with van der Waals surface area (Å²) in [5.41, 5.74) is 0. The number of nitrogens with one attached hydrogen (secondary N) is 1. The SMILES string of the molecule is CCCCC[C@H](O)/C=C/[C@H]1CCC(=O)[C@@H]1CCCCCCC(=O)N[C@@H](C(=O)O)[C@@H](C)CC. The highest BCUT2D eigenvalue weighted by molar-refractivity contribution is 5.84. The van der Waals surface area contributed by atoms with Crippen molar-refractivity contribution in [3.05, 3.63) is 12.2 Å². The number of allylic oxidation sites excluding steroid dienone is 1. The van der Waals surface area contributed by atoms with Crippen molar-refractivity contribution in [2.75, 3.05) is 0 Å². The number of carboxylic acid groups (broad SMARTS) is 1. The van der Waals surface area contributed by atoms with Gasteiger partial charge in [-0.3, -0.25) is 9.59 Å². The van der Waals surface area contributed by atoms with E-state index in [1.54, 1.807) is 0 Å². The molecule has 0 aromatic heterocycles. The maximum Gasteiger partial charge on any atom is 0.326 e. The van der Waals surface area contributed by atoms with Gasteiger partial charge in [-0.15, -0.1) is 0 Å². The summed E-state index contributed by atoms with van der Waals surface area (Å²) < 4.78 is 0. The zero-order chi connectivity index (χ0) is 23.9. The molecule has 1 rings (SSSR count). The molecule has 0 aromatic rings. The minimum Gasteiger partial charge on any atom is -0.480 e. The maximum absolute atomic E-state index is 12.3. The fraction of sp³-hybridized carbons (Fsp3) is 0.808. The summed E-state index contributed by atoms with van der Waals surface area (Å²) in [5.74, 6) is -0.645. The van der Waals surface area contributed by atoms with Crippen molar-refractivity contribution >= 4 is 17.7 Å². The Morgan fingerprint density at radius 1 is 1.12 bits per heavy atom. The molecule has 0 radical (unpaired) electrons. The minimum absolute atomic E-state index is 0.0595. The van der Waals surface area contributed by atoms with Gasteiger partial charge in [0.25, 0.3) is 0 Å². The standard InChI is InChI=1S/C26H45NO5/c1-4-6-9-12-21(28)17-15-20-16-18-23(29)22(20)13-10-7-8-11-14-24(30)27-25(26(31)32)19(3)5-2/h15,17,19-22,25,28H,4-14,16,18H2,1-3H3,(H,27,30)(H,31,32)/b17-15+/t19-,20-,21-,22+,25+/m0/s1. The number of ketones is 1. The van der Waals surface area contributed by atoms with Crippen LogP contribution in [0.1, 0.15) is 104 Å². The average molecular weight is 452 g/mol. The molecule has 32 heavy (non-hydrogen) atoms. The van der Waals surface area contributed by atoms with Gasteiger partial charge in [-0.25, -0.2) is 4.79 Å². The molecule has 6 heteroatoms. The van der Waals surface area contributed by atoms with Crippen molar-refractivity contribution in [2.45, 2.75) is 116 Å². The van der Waals surface area contributed by atoms with Gasteiger partial charge in [0, 0.05) is 18.8 Å². The Labute approximate surface area is 194 Å². The lowest BCUT2D eigenvalue weighted by atomic mass is 9.89. The third-order valence-corrected chi connectivity index (χ3v) is 6.80. The van der Waals surface area contributed by atoms with E-state index in [2.05, 4.69) is 18.3 Å². The molecule has 1 aliphatic rings. The van der Waals surface area contributed by atoms with Crippen LogP contribution in [-0.4, -0.2) is 40.0 Å². The number of carbonyl (C=O) groups excluding carboxylic acids is 2. The Hall–Kier alpha value is -1.69. The number of carboxylic acids is 1. The molecule has 6 nitrogen and oxygen atoms in total. The smallest absolute Gasteiger partial charge is 0.326 e. The van der Waals surface area contributed by atoms with Crippen LogP contribution in [0.2, 0.25) is 0 Å². The summed E-state index contributed by atoms with van der Waals surface area (Å²) in [6.45, 7) is 5.89. The van der Waals surface area contributed by atoms with Crippen molar-refractivity contribution < 1.29 is 24.6 Å². The van der Waals surface area contributed by atoms with E-state index in [0.29, 0.717) is 25.0 Å². The van der Waals surface area contributed by atoms with Crippen LogP contribution < -0.4 is 5.32 Å². The number of rotatable bonds is 17. The molecule has 3 N–H and O–H groups in total. The molecule has 0 aromatic carbocycles. The lowest BCUT2D eigenvalue weighted by Crippen LogP contribution is -2.44. The van der Waals surface area contributed by atoms with Crippen LogP contribution in [0.4, 0.5) is 0 Å². The van der Waals surface area contributed by atoms with Crippen LogP contribution in [0.25, 0.3) is 0 Å². The van der Waals surface area contributed by atoms with Gasteiger partial charge in [-0.1, -0.05) is 77.9 Å². The van der Waals surface area contributed by atoms with Gasteiger partial charge >= 0.3 is 5.97 Å². The van der Waals surface area contributed by atoms with E-state index >= 15 is 0 Å². The highest BCUT2D eigenvalue weighted by Gasteiger charge is 2.32. The Kier molecular flexibility index (Phi) is 14.2. The summed E-state index contributed by atoms with van der Waals surface area (Å²) in [6, 6.07) is -0.823. The van der Waals surface area contributed by atoms with E-state index in [1.165, 1.54) is 0 Å². The normalized spacial score (nSPS) is 21.6. The number of hydrogen-bond acceptors (Lipinski definition) is 4. The summed E-state index contributed by atoms with van der Waals surface area (Å²) in [6.07, 6.45) is 14.6. The second-order valence-electron chi connectivity index (χ2n) is 9.45. The van der Waals surface area contributed by atoms with Gasteiger partial charge in [-0.2, -0.15) is 0 Å². The first kappa shape index (κ1) is 28.3. The van der Waals surface area contributed by atoms with Gasteiger partial charge < -0.3 is 15.5 Å². The molecule has 1 amide bonds. The highest BCUT2D eigenvalue weighted by Crippen LogP contribution is 2.34. The minimum atomic E-state index is -0.981. The molecule has 0 spiro atoms. The van der Waals surface area contributed by atoms with E-state index in [-0.39, 0.29) is 23.7 Å². The molecule has 1 fully saturated rings. The Bertz CT molecular complexity index is 603. The first-order valence-corrected chi connectivity index (χ1v) is 12.7. The third-order valence-electron chi connectivity index (χ3n) is 6.80. The van der Waals surface area contributed by atoms with Gasteiger partial charge in [0.2, 0.25) is 5.91 Å². The number of aliphatic hydroxyl groups is 1. The fourth-order valence-corrected chi connectivity index (χ4v) is 4.44. The number of hydrogen-bond donors (Lipinski definition) is 3. The van der Waals surface area contributed by atoms with E-state index in [4.69, 9.17) is 0 Å². The van der Waals surface area contributed by atoms with E-state index < -0.39 is 18.1 Å². The number of Topliss-reactive ketones (excluding diaryl/α,β-unsaturated/α-hetero) is 1. The molecule has 0 unspecified atom stereocenters. The van der Waals surface area contributed by atoms with Crippen LogP contribution in [0.15, 0.2) is 12.2 Å². The Morgan fingerprint density at radius 2 is 1.84 bits per heavy atom. The fourth-order valence-electron chi connectivity index (χ4n) is 4.44. The molecule has 5 atom stereocenters. The Balaban J connectivity index is 2.28. The van der Waals surface area contributed by atoms with Crippen molar-refractivity contribution in [2.24, 2.45) is 17.8 Å². The van der Waals surface area contributed by atoms with Gasteiger partial charge in [-0.05, 0) is 37.5 Å². The molecular weight excluding hydrogens is 406 g/mol. The van der Waals surface area contributed by atoms with E-state index in [1.807, 2.05) is 19.9 Å². The summed E-state index contributed by atoms with van der Waals surface area (Å²) in [4.78, 5) is 35.7. The van der Waals surface area contributed by atoms with E-state index in [0.717, 1.165) is 64.2 Å². The quantitative estimate of drug-likeness (QED) is 0.212. The summed E-state index contributed by atoms with van der Waals surface area (Å²) in [7, 11) is 0. The maximum atomic E-state index is 12.3. The predicted molar refractivity (Wildman–Crippen MR) is 127 cm³/mol. The molecule has 1 aliphatic carbocycles. The van der Waals surface area contributed by atoms with Gasteiger partial charge in [0.1, 0.15) is 11.8 Å². The van der Waals surface area contributed by atoms with Crippen molar-refractivity contribution in [1.82, 2.24) is 5.32 Å². The third kappa shape index (κ3) is 10.8. The lowest BCUT2D eigenvalue weighted by molar-refractivity contribution is -0.143. The monoisotopic (exact) mass is 451 g/mol. The largest absolute Gasteiger partial charge is 0.480 e. The van der Waals surface area contributed by atoms with Crippen molar-refractivity contribution in [3.8, 4) is 0 Å². The van der Waals surface area contributed by atoms with Crippen LogP contribution in [0.3, 0.4) is 0 Å². The second-order valence-corrected chi connectivity index (χ2v) is 9.45. The molecule has 1 saturated carbocycles. The van der Waals surface area contributed by atoms with Crippen molar-refractivity contribution in [1.29, 1.82) is 0 Å². The molecule has 0 heterocycles. The lowest BCUT2D eigenvalue weighted by Gasteiger charge is -2.20. The predicted octanol–water partition coefficient (Wildman–Crippen LogP) is 5.04. The zero-order valence-corrected chi connectivity index (χ0v) is 20.4. The number of aliphatic carboxylic acids is 1. The van der Waals surface area contributed by atoms with Gasteiger partial charge in [0.15, 0.2) is 0 Å². The zero-order valence-electron chi connectivity index (χ0n) is 20.4. The molecular formula is C26H45NO5. The molecule has 184 valence electrons. The number of unbranched alkanes of at least 4 members (excludes halogenated alkanes) is 5. The van der Waals surface area contributed by atoms with E-state index in [9.17, 15) is 24.6 Å². The molecule has 0 bridgehead atoms. The molecule has 0 saturated heterocycles. The number of carbonyl (C=O) groups is 3. The summed E-state index contributed by atoms with van der Waals surface area (Å²) in [5, 5.41) is 22.0. The first-order valence-electron chi connectivity index (χ1n) is 12.7. The van der Waals surface area contributed by atoms with Crippen LogP contribution in [0.5, 0.6) is 0 Å². The molecule has 0 aliphatic heterocycles. The Morgan fingerprint density at radius 3 is 2.50 bits per heavy atom. The van der Waals surface area contributed by atoms with Crippen molar-refractivity contribution in [3.63, 3.8) is 0 Å². The second kappa shape index (κ2) is 16.0. The number of amides is 1. The first-order chi connectivity index (χ1) is 15.3. The highest BCUT2D eigenvalue weighted by atomic mass is 16.4. The topological polar surface area (TPSA) is 104 Å². The summed E-state index contributed by atoms with van der Waals surface area (Å²) >= 11 is 0.